The molecule has 0 bridgehead atoms. The third-order valence-corrected chi connectivity index (χ3v) is 6.26. The summed E-state index contributed by atoms with van der Waals surface area (Å²) in [6.07, 6.45) is -3.58. The maximum atomic E-state index is 14.2. The van der Waals surface area contributed by atoms with Gasteiger partial charge < -0.3 is 14.4 Å². The number of nitrogens with zero attached hydrogens (tertiary/aromatic N) is 3. The first-order chi connectivity index (χ1) is 17.6. The lowest BCUT2D eigenvalue weighted by Gasteiger charge is -2.31. The first kappa shape index (κ1) is 26.3. The number of pyridine rings is 1. The Kier molecular flexibility index (Phi) is 7.31. The van der Waals surface area contributed by atoms with E-state index in [4.69, 9.17) is 4.74 Å². The third-order valence-electron chi connectivity index (χ3n) is 6.26. The summed E-state index contributed by atoms with van der Waals surface area (Å²) in [6.45, 7) is 1.65. The first-order valence-electron chi connectivity index (χ1n) is 11.5. The van der Waals surface area contributed by atoms with Gasteiger partial charge in [-0.05, 0) is 55.2 Å². The molecule has 0 spiro atoms. The second-order valence-electron chi connectivity index (χ2n) is 8.57. The molecule has 5 nitrogen and oxygen atoms in total. The molecule has 0 radical (unpaired) electrons. The predicted molar refractivity (Wildman–Crippen MR) is 131 cm³/mol. The molecule has 0 aliphatic heterocycles. The molecule has 0 fully saturated rings. The Bertz CT molecular complexity index is 1430. The number of ether oxygens (including phenoxy) is 1. The zero-order valence-electron chi connectivity index (χ0n) is 20.0. The van der Waals surface area contributed by atoms with Gasteiger partial charge >= 0.3 is 6.18 Å². The second-order valence-corrected chi connectivity index (χ2v) is 8.57. The average molecular weight is 517 g/mol. The summed E-state index contributed by atoms with van der Waals surface area (Å²) >= 11 is 0. The topological polar surface area (TPSA) is 59.6 Å². The first-order valence-corrected chi connectivity index (χ1v) is 11.5. The fraction of sp³-hybridized carbons (Fsp3) is 0.259. The molecule has 0 saturated carbocycles. The van der Waals surface area contributed by atoms with Gasteiger partial charge in [0, 0.05) is 23.4 Å². The summed E-state index contributed by atoms with van der Waals surface area (Å²) in [5.74, 6) is -2.12. The number of aromatic nitrogens is 2. The van der Waals surface area contributed by atoms with Gasteiger partial charge in [0.05, 0.1) is 18.3 Å². The lowest BCUT2D eigenvalue weighted by atomic mass is 9.84. The molecule has 0 aliphatic carbocycles. The minimum absolute atomic E-state index is 0.159. The maximum Gasteiger partial charge on any atom is 0.422 e. The van der Waals surface area contributed by atoms with Crippen LogP contribution in [0.25, 0.3) is 16.7 Å². The van der Waals surface area contributed by atoms with Crippen LogP contribution in [-0.2, 0) is 0 Å². The molecule has 4 aromatic rings. The van der Waals surface area contributed by atoms with Gasteiger partial charge in [-0.3, -0.25) is 4.99 Å². The molecule has 194 valence electrons. The number of halogens is 5. The highest BCUT2D eigenvalue weighted by Crippen LogP contribution is 2.42. The Morgan fingerprint density at radius 1 is 1.05 bits per heavy atom. The highest BCUT2D eigenvalue weighted by Gasteiger charge is 2.53. The lowest BCUT2D eigenvalue weighted by Crippen LogP contribution is -2.47. The van der Waals surface area contributed by atoms with Crippen molar-refractivity contribution >= 4 is 22.8 Å². The van der Waals surface area contributed by atoms with Crippen molar-refractivity contribution in [3.8, 4) is 11.6 Å². The zero-order chi connectivity index (χ0) is 26.8. The van der Waals surface area contributed by atoms with Crippen molar-refractivity contribution in [2.45, 2.75) is 37.5 Å². The number of benzene rings is 2. The minimum Gasteiger partial charge on any atom is -0.493 e. The standard InChI is InChI=1S/C27H24F5N3O2/c1-3-17(18-7-4-8-20(28)25(18)37-2)15-26(36,27(30,31)32)16-33-21-9-5-10-22-19(21)13-14-35(22)24-12-6-11-23(29)34-24/h4-14,16-17,36H,3,15H2,1-2H3. The van der Waals surface area contributed by atoms with E-state index in [0.29, 0.717) is 17.1 Å². The number of aliphatic imine (C=N–C) groups is 1. The van der Waals surface area contributed by atoms with E-state index in [1.54, 1.807) is 42.0 Å². The molecule has 1 N–H and O–H groups in total. The van der Waals surface area contributed by atoms with Crippen LogP contribution in [0.3, 0.4) is 0 Å². The fourth-order valence-corrected chi connectivity index (χ4v) is 4.33. The molecule has 37 heavy (non-hydrogen) atoms. The van der Waals surface area contributed by atoms with Crippen LogP contribution in [0.2, 0.25) is 0 Å². The summed E-state index contributed by atoms with van der Waals surface area (Å²) in [4.78, 5) is 7.87. The Balaban J connectivity index is 1.72. The van der Waals surface area contributed by atoms with E-state index in [1.807, 2.05) is 0 Å². The fourth-order valence-electron chi connectivity index (χ4n) is 4.33. The number of methoxy groups -OCH3 is 1. The van der Waals surface area contributed by atoms with E-state index in [2.05, 4.69) is 9.98 Å². The number of hydrogen-bond acceptors (Lipinski definition) is 4. The van der Waals surface area contributed by atoms with Crippen LogP contribution in [0.1, 0.15) is 31.2 Å². The van der Waals surface area contributed by atoms with E-state index < -0.39 is 35.9 Å². The molecule has 10 heteroatoms. The van der Waals surface area contributed by atoms with Crippen LogP contribution in [0.15, 0.2) is 71.9 Å². The quantitative estimate of drug-likeness (QED) is 0.157. The van der Waals surface area contributed by atoms with Gasteiger partial charge in [-0.2, -0.15) is 17.6 Å². The number of rotatable bonds is 8. The van der Waals surface area contributed by atoms with Crippen LogP contribution in [0, 0.1) is 11.8 Å². The van der Waals surface area contributed by atoms with Gasteiger partial charge in [0.25, 0.3) is 0 Å². The molecule has 0 aliphatic rings. The number of aliphatic hydroxyl groups is 1. The van der Waals surface area contributed by atoms with E-state index >= 15 is 0 Å². The van der Waals surface area contributed by atoms with E-state index in [9.17, 15) is 27.1 Å². The van der Waals surface area contributed by atoms with Crippen LogP contribution in [-0.4, -0.2) is 39.8 Å². The summed E-state index contributed by atoms with van der Waals surface area (Å²) in [5.41, 5.74) is -2.37. The Hall–Kier alpha value is -3.79. The normalized spacial score (nSPS) is 14.7. The number of alkyl halides is 3. The van der Waals surface area contributed by atoms with Crippen molar-refractivity contribution < 1.29 is 31.8 Å². The summed E-state index contributed by atoms with van der Waals surface area (Å²) in [7, 11) is 1.23. The lowest BCUT2D eigenvalue weighted by molar-refractivity contribution is -0.232. The summed E-state index contributed by atoms with van der Waals surface area (Å²) < 4.78 is 77.0. The molecular weight excluding hydrogens is 493 g/mol. The molecule has 0 amide bonds. The van der Waals surface area contributed by atoms with Crippen molar-refractivity contribution in [3.05, 3.63) is 84.2 Å². The molecule has 2 aromatic carbocycles. The Morgan fingerprint density at radius 2 is 1.78 bits per heavy atom. The van der Waals surface area contributed by atoms with Crippen LogP contribution in [0.4, 0.5) is 27.6 Å². The highest BCUT2D eigenvalue weighted by atomic mass is 19.4. The SMILES string of the molecule is CCC(CC(O)(C=Nc1cccc2c1ccn2-c1cccc(F)n1)C(F)(F)F)c1cccc(F)c1OC. The van der Waals surface area contributed by atoms with Crippen molar-refractivity contribution in [3.63, 3.8) is 0 Å². The van der Waals surface area contributed by atoms with Crippen molar-refractivity contribution in [1.82, 2.24) is 9.55 Å². The molecule has 2 unspecified atom stereocenters. The van der Waals surface area contributed by atoms with Gasteiger partial charge in [-0.1, -0.05) is 31.2 Å². The molecule has 2 aromatic heterocycles. The molecule has 4 rings (SSSR count). The number of fused-ring (bicyclic) bond motifs is 1. The predicted octanol–water partition coefficient (Wildman–Crippen LogP) is 6.89. The van der Waals surface area contributed by atoms with Crippen LogP contribution >= 0.6 is 0 Å². The summed E-state index contributed by atoms with van der Waals surface area (Å²) in [5, 5.41) is 11.3. The molecule has 2 atom stereocenters. The van der Waals surface area contributed by atoms with Gasteiger partial charge in [-0.15, -0.1) is 0 Å². The van der Waals surface area contributed by atoms with E-state index in [1.165, 1.54) is 37.4 Å². The van der Waals surface area contributed by atoms with Gasteiger partial charge in [-0.25, -0.2) is 9.37 Å². The zero-order valence-corrected chi connectivity index (χ0v) is 20.0. The smallest absolute Gasteiger partial charge is 0.422 e. The highest BCUT2D eigenvalue weighted by molar-refractivity contribution is 5.93. The monoisotopic (exact) mass is 517 g/mol. The average Bonchev–Trinajstić information content (AvgIpc) is 3.30. The Morgan fingerprint density at radius 3 is 2.46 bits per heavy atom. The van der Waals surface area contributed by atoms with Crippen molar-refractivity contribution in [2.24, 2.45) is 4.99 Å². The Labute approximate surface area is 209 Å². The maximum absolute atomic E-state index is 14.2. The third kappa shape index (κ3) is 5.20. The van der Waals surface area contributed by atoms with Crippen molar-refractivity contribution in [2.75, 3.05) is 7.11 Å². The summed E-state index contributed by atoms with van der Waals surface area (Å²) in [6, 6.07) is 14.7. The molecule has 2 heterocycles. The largest absolute Gasteiger partial charge is 0.493 e. The minimum atomic E-state index is -5.06. The number of para-hydroxylation sites is 1. The number of hydrogen-bond donors (Lipinski definition) is 1. The van der Waals surface area contributed by atoms with Crippen LogP contribution in [0.5, 0.6) is 5.75 Å². The van der Waals surface area contributed by atoms with Gasteiger partial charge in [0.1, 0.15) is 5.82 Å². The van der Waals surface area contributed by atoms with Gasteiger partial charge in [0.15, 0.2) is 17.2 Å². The van der Waals surface area contributed by atoms with E-state index in [0.717, 1.165) is 6.07 Å². The van der Waals surface area contributed by atoms with Crippen molar-refractivity contribution in [1.29, 1.82) is 0 Å². The molecule has 0 saturated heterocycles. The van der Waals surface area contributed by atoms with E-state index in [-0.39, 0.29) is 29.2 Å². The van der Waals surface area contributed by atoms with Crippen LogP contribution < -0.4 is 4.74 Å². The molecular formula is C27H24F5N3O2. The van der Waals surface area contributed by atoms with Gasteiger partial charge in [0.2, 0.25) is 5.95 Å². The second kappa shape index (κ2) is 10.3.